The molecule has 1 aliphatic heterocycles. The molecule has 0 bridgehead atoms. The zero-order chi connectivity index (χ0) is 34.4. The Morgan fingerprint density at radius 2 is 1.54 bits per heavy atom. The van der Waals surface area contributed by atoms with Crippen LogP contribution in [0, 0.1) is 30.3 Å². The first kappa shape index (κ1) is 34.8. The zero-order valence-electron chi connectivity index (χ0n) is 21.8. The molecule has 3 heterocycles. The average molecular weight is 718 g/mol. The molecule has 0 aliphatic carbocycles. The highest BCUT2D eigenvalue weighted by molar-refractivity contribution is 7.66. The lowest BCUT2D eigenvalue weighted by Crippen LogP contribution is -2.38. The molecule has 1 saturated heterocycles. The Balaban J connectivity index is 1.73. The number of phosphoric acid groups is 3. The molecule has 1 fully saturated rings. The molecule has 3 aromatic rings. The number of nitrogens with two attached hydrogens (primary N) is 1. The zero-order valence-corrected chi connectivity index (χ0v) is 24.5. The number of nitro groups is 3. The van der Waals surface area contributed by atoms with Crippen molar-refractivity contribution in [1.29, 1.82) is 0 Å². The summed E-state index contributed by atoms with van der Waals surface area (Å²) in [6.45, 7) is -1.27. The minimum absolute atomic E-state index is 0.0525. The van der Waals surface area contributed by atoms with Gasteiger partial charge in [-0.1, -0.05) is 0 Å². The van der Waals surface area contributed by atoms with Gasteiger partial charge in [-0.15, -0.1) is 0 Å². The molecule has 7 N–H and O–H groups in total. The molecular weight excluding hydrogens is 701 g/mol. The summed E-state index contributed by atoms with van der Waals surface area (Å²) >= 11 is 0. The van der Waals surface area contributed by atoms with Gasteiger partial charge in [0.2, 0.25) is 0 Å². The van der Waals surface area contributed by atoms with Crippen LogP contribution in [0.5, 0.6) is 5.75 Å². The molecule has 46 heavy (non-hydrogen) atoms. The second-order valence-corrected chi connectivity index (χ2v) is 13.1. The Hall–Kier alpha value is -4.10. The van der Waals surface area contributed by atoms with Crippen molar-refractivity contribution in [3.05, 3.63) is 55.1 Å². The van der Waals surface area contributed by atoms with Crippen molar-refractivity contribution >= 4 is 57.5 Å². The van der Waals surface area contributed by atoms with Crippen LogP contribution in [0.25, 0.3) is 11.2 Å². The van der Waals surface area contributed by atoms with Crippen molar-refractivity contribution in [2.75, 3.05) is 12.3 Å². The summed E-state index contributed by atoms with van der Waals surface area (Å²) in [4.78, 5) is 79.2. The fourth-order valence-electron chi connectivity index (χ4n) is 3.95. The highest BCUT2D eigenvalue weighted by Gasteiger charge is 2.50. The average Bonchev–Trinajstić information content (AvgIpc) is 3.47. The van der Waals surface area contributed by atoms with Crippen LogP contribution in [0.1, 0.15) is 6.23 Å². The number of nitrogen functional groups attached to an aromatic ring is 1. The Morgan fingerprint density at radius 3 is 2.09 bits per heavy atom. The van der Waals surface area contributed by atoms with Gasteiger partial charge in [-0.2, -0.15) is 8.62 Å². The molecule has 2 aromatic heterocycles. The number of hydrogen-bond acceptors (Lipinski definition) is 19. The van der Waals surface area contributed by atoms with Crippen LogP contribution in [0.2, 0.25) is 0 Å². The van der Waals surface area contributed by atoms with Crippen LogP contribution < -0.4 is 10.5 Å². The molecular formula is C16H17N8O19P3. The first-order valence-electron chi connectivity index (χ1n) is 11.5. The smallest absolute Gasteiger partial charge is 0.471 e. The Bertz CT molecular complexity index is 1830. The van der Waals surface area contributed by atoms with Crippen molar-refractivity contribution < 1.29 is 75.8 Å². The first-order chi connectivity index (χ1) is 21.2. The third-order valence-corrected chi connectivity index (χ3v) is 9.49. The molecule has 1 aliphatic rings. The van der Waals surface area contributed by atoms with Gasteiger partial charge in [-0.25, -0.2) is 28.6 Å². The number of phosphoric ester groups is 1. The molecule has 6 atom stereocenters. The van der Waals surface area contributed by atoms with E-state index in [9.17, 15) is 58.9 Å². The van der Waals surface area contributed by atoms with E-state index < -0.39 is 92.2 Å². The number of fused-ring (bicyclic) bond motifs is 1. The predicted octanol–water partition coefficient (Wildman–Crippen LogP) is 0.182. The van der Waals surface area contributed by atoms with Gasteiger partial charge in [0, 0.05) is 0 Å². The lowest BCUT2D eigenvalue weighted by molar-refractivity contribution is -0.404. The van der Waals surface area contributed by atoms with Crippen molar-refractivity contribution in [1.82, 2.24) is 19.5 Å². The summed E-state index contributed by atoms with van der Waals surface area (Å²) in [6, 6.07) is 0.680. The number of nitrogens with zero attached hydrogens (tertiary/aromatic N) is 7. The van der Waals surface area contributed by atoms with Crippen LogP contribution in [-0.2, 0) is 31.6 Å². The molecule has 0 amide bonds. The predicted molar refractivity (Wildman–Crippen MR) is 140 cm³/mol. The van der Waals surface area contributed by atoms with E-state index in [0.717, 1.165) is 17.2 Å². The first-order valence-corrected chi connectivity index (χ1v) is 16.0. The minimum Gasteiger partial charge on any atom is -0.471 e. The summed E-state index contributed by atoms with van der Waals surface area (Å²) in [5, 5.41) is 45.9. The normalized spacial score (nSPS) is 22.6. The monoisotopic (exact) mass is 718 g/mol. The van der Waals surface area contributed by atoms with Gasteiger partial charge in [0.1, 0.15) is 24.1 Å². The summed E-state index contributed by atoms with van der Waals surface area (Å²) < 4.78 is 58.5. The van der Waals surface area contributed by atoms with E-state index in [-0.39, 0.29) is 17.0 Å². The number of anilines is 1. The van der Waals surface area contributed by atoms with Gasteiger partial charge in [-0.05, 0) is 0 Å². The SMILES string of the molecule is Nc1ncnc2c1ncn2C1OC(COP(=O)(O)OP(=O)(O)OP(=O)(O)O)C(O)C1Oc1c([N+](=O)[O-])cc([N+](=O)[O-])cc1[N+](=O)[O-]. The van der Waals surface area contributed by atoms with Crippen molar-refractivity contribution in [3.8, 4) is 5.75 Å². The quantitative estimate of drug-likeness (QED) is 0.0779. The number of non-ortho nitro benzene ring substituents is 1. The van der Waals surface area contributed by atoms with Gasteiger partial charge in [0.25, 0.3) is 11.4 Å². The van der Waals surface area contributed by atoms with Crippen molar-refractivity contribution in [3.63, 3.8) is 0 Å². The van der Waals surface area contributed by atoms with Crippen LogP contribution in [-0.4, -0.2) is 83.9 Å². The molecule has 1 aromatic carbocycles. The minimum atomic E-state index is -5.94. The topological polar surface area (TPSA) is 398 Å². The Morgan fingerprint density at radius 1 is 0.935 bits per heavy atom. The fourth-order valence-corrected chi connectivity index (χ4v) is 6.98. The molecule has 27 nitrogen and oxygen atoms in total. The number of aromatic nitrogens is 4. The van der Waals surface area contributed by atoms with E-state index in [1.54, 1.807) is 0 Å². The summed E-state index contributed by atoms with van der Waals surface area (Å²) in [5.41, 5.74) is 1.95. The number of nitro benzene ring substituents is 3. The van der Waals surface area contributed by atoms with Gasteiger partial charge >= 0.3 is 34.8 Å². The maximum Gasteiger partial charge on any atom is 0.490 e. The standard InChI is InChI=1S/C16H17N8O19P3/c17-14-10-15(19-4-18-14)21(5-20-10)16-13(41-12-7(23(28)29)1-6(22(26)27)2-8(12)24(30)31)11(25)9(40-16)3-39-45(35,36)43-46(37,38)42-44(32,33)34/h1-2,4-5,9,11,13,16,25H,3H2,(H,35,36)(H,37,38)(H2,17,18,19)(H2,32,33,34). The van der Waals surface area contributed by atoms with E-state index in [0.29, 0.717) is 12.1 Å². The summed E-state index contributed by atoms with van der Waals surface area (Å²) in [5.74, 6) is -1.35. The third kappa shape index (κ3) is 7.64. The molecule has 4 rings (SSSR count). The Labute approximate surface area is 251 Å². The molecule has 0 radical (unpaired) electrons. The van der Waals surface area contributed by atoms with Gasteiger partial charge in [-0.3, -0.25) is 39.4 Å². The van der Waals surface area contributed by atoms with E-state index in [1.807, 2.05) is 0 Å². The van der Waals surface area contributed by atoms with Crippen LogP contribution >= 0.6 is 23.5 Å². The third-order valence-electron chi connectivity index (χ3n) is 5.68. The highest BCUT2D eigenvalue weighted by atomic mass is 31.3. The largest absolute Gasteiger partial charge is 0.490 e. The molecule has 250 valence electrons. The van der Waals surface area contributed by atoms with E-state index in [1.165, 1.54) is 0 Å². The van der Waals surface area contributed by atoms with E-state index in [4.69, 9.17) is 25.0 Å². The Kier molecular flexibility index (Phi) is 9.52. The van der Waals surface area contributed by atoms with Crippen LogP contribution in [0.15, 0.2) is 24.8 Å². The van der Waals surface area contributed by atoms with E-state index >= 15 is 0 Å². The van der Waals surface area contributed by atoms with Crippen molar-refractivity contribution in [2.45, 2.75) is 24.5 Å². The number of benzene rings is 1. The molecule has 0 saturated carbocycles. The number of aliphatic hydroxyl groups excluding tert-OH is 1. The van der Waals surface area contributed by atoms with Crippen LogP contribution in [0.3, 0.4) is 0 Å². The number of aliphatic hydroxyl groups is 1. The lowest BCUT2D eigenvalue weighted by Gasteiger charge is -2.22. The highest BCUT2D eigenvalue weighted by Crippen LogP contribution is 2.66. The second-order valence-electron chi connectivity index (χ2n) is 8.69. The van der Waals surface area contributed by atoms with Gasteiger partial charge < -0.3 is 39.9 Å². The lowest BCUT2D eigenvalue weighted by atomic mass is 10.1. The maximum absolute atomic E-state index is 12.2. The second kappa shape index (κ2) is 12.6. The molecule has 0 spiro atoms. The molecule has 30 heteroatoms. The summed E-state index contributed by atoms with van der Waals surface area (Å²) in [7, 11) is -17.4. The van der Waals surface area contributed by atoms with Crippen molar-refractivity contribution in [2.24, 2.45) is 0 Å². The number of rotatable bonds is 13. The summed E-state index contributed by atoms with van der Waals surface area (Å²) in [6.07, 6.45) is -5.78. The van der Waals surface area contributed by atoms with Gasteiger partial charge in [0.05, 0.1) is 39.8 Å². The number of hydrogen-bond donors (Lipinski definition) is 6. The number of imidazole rings is 1. The fraction of sp³-hybridized carbons (Fsp3) is 0.312. The maximum atomic E-state index is 12.2. The number of ether oxygens (including phenoxy) is 2. The van der Waals surface area contributed by atoms with Crippen LogP contribution in [0.4, 0.5) is 22.9 Å². The van der Waals surface area contributed by atoms with E-state index in [2.05, 4.69) is 28.1 Å². The molecule has 6 unspecified atom stereocenters. The van der Waals surface area contributed by atoms with Gasteiger partial charge in [0.15, 0.2) is 23.8 Å².